The number of rotatable bonds is 3. The molecule has 14 heavy (non-hydrogen) atoms. The van der Waals surface area contributed by atoms with E-state index in [0.717, 1.165) is 0 Å². The zero-order chi connectivity index (χ0) is 12.0. The molecule has 2 N–H and O–H groups in total. The number of nitriles is 1. The maximum absolute atomic E-state index is 10.1. The molecule has 0 unspecified atom stereocenters. The molecule has 0 amide bonds. The zero-order valence-corrected chi connectivity index (χ0v) is 13.9. The van der Waals surface area contributed by atoms with Gasteiger partial charge in [-0.25, -0.2) is 0 Å². The molecule has 0 saturated heterocycles. The third-order valence-electron chi connectivity index (χ3n) is 0.920. The normalized spacial score (nSPS) is 9.43. The van der Waals surface area contributed by atoms with Crippen molar-refractivity contribution < 1.29 is 9.90 Å². The maximum atomic E-state index is 10.1. The number of nitrogens with one attached hydrogen (secondary N) is 1. The van der Waals surface area contributed by atoms with Gasteiger partial charge in [-0.2, -0.15) is 0 Å². The van der Waals surface area contributed by atoms with Gasteiger partial charge in [-0.3, -0.25) is 0 Å². The van der Waals surface area contributed by atoms with Crippen molar-refractivity contribution in [3.8, 4) is 4.97 Å². The average Bonchev–Trinajstić information content (AvgIpc) is 2.22. The van der Waals surface area contributed by atoms with Gasteiger partial charge in [0.05, 0.1) is 0 Å². The molecule has 1 atom stereocenters. The molecule has 0 radical (unpaired) electrons. The topological polar surface area (TPSA) is 73.1 Å². The fraction of sp³-hybridized carbons (Fsp3) is 0.714. The van der Waals surface area contributed by atoms with E-state index < -0.39 is 12.0 Å². The van der Waals surface area contributed by atoms with Crippen LogP contribution in [0.5, 0.6) is 0 Å². The Morgan fingerprint density at radius 3 is 2.07 bits per heavy atom. The molecule has 0 spiro atoms. The predicted octanol–water partition coefficient (Wildman–Crippen LogP) is -0.867. The van der Waals surface area contributed by atoms with Gasteiger partial charge in [-0.1, -0.05) is 0 Å². The van der Waals surface area contributed by atoms with Crippen LogP contribution in [-0.2, 0) is 4.79 Å². The summed E-state index contributed by atoms with van der Waals surface area (Å²) in [5.74, 6) is 3.02. The van der Waals surface area contributed by atoms with Crippen molar-refractivity contribution in [1.82, 2.24) is 5.32 Å². The van der Waals surface area contributed by atoms with Crippen LogP contribution < -0.4 is 5.32 Å². The standard InChI is InChI=1S/C4H9NO2Se.C2H3NSe.CH4Se/c1-5-3(2-8)4(6)7;1-4-2-3;1-2/h3,5,8H,2H2,1H3,(H,6,7);1H3;2H,1H3/t3-;;/m0../s1. The Morgan fingerprint density at radius 2 is 2.07 bits per heavy atom. The minimum atomic E-state index is -0.798. The molecule has 0 aliphatic carbocycles. The molecular formula is C7H16N2O2Se3. The monoisotopic (exact) mass is 400 g/mol. The number of carbonyl (C=O) groups is 1. The summed E-state index contributed by atoms with van der Waals surface area (Å²) < 4.78 is 0. The van der Waals surface area contributed by atoms with Gasteiger partial charge in [0, 0.05) is 0 Å². The number of hydrogen-bond acceptors (Lipinski definition) is 3. The van der Waals surface area contributed by atoms with E-state index in [1.807, 2.05) is 16.6 Å². The molecule has 0 rings (SSSR count). The van der Waals surface area contributed by atoms with Crippen LogP contribution in [0.3, 0.4) is 0 Å². The van der Waals surface area contributed by atoms with Crippen molar-refractivity contribution in [2.24, 2.45) is 0 Å². The molecule has 0 aliphatic heterocycles. The molecule has 0 aromatic carbocycles. The van der Waals surface area contributed by atoms with E-state index in [1.54, 1.807) is 7.05 Å². The first-order chi connectivity index (χ1) is 6.63. The molecular weight excluding hydrogens is 381 g/mol. The molecule has 0 saturated carbocycles. The van der Waals surface area contributed by atoms with Gasteiger partial charge in [-0.15, -0.1) is 0 Å². The summed E-state index contributed by atoms with van der Waals surface area (Å²) in [4.78, 5) is 12.1. The van der Waals surface area contributed by atoms with Crippen LogP contribution >= 0.6 is 0 Å². The number of hydrogen-bond donors (Lipinski definition) is 2. The van der Waals surface area contributed by atoms with Gasteiger partial charge in [0.15, 0.2) is 0 Å². The SMILES string of the molecule is CN[C@@H](C[SeH])C(=O)O.C[SeH].C[Se]C#N. The molecule has 0 aromatic heterocycles. The summed E-state index contributed by atoms with van der Waals surface area (Å²) in [6, 6.07) is -0.407. The Balaban J connectivity index is -0.000000170. The third-order valence-corrected chi connectivity index (χ3v) is 2.07. The van der Waals surface area contributed by atoms with Crippen LogP contribution in [-0.4, -0.2) is 71.1 Å². The summed E-state index contributed by atoms with van der Waals surface area (Å²) >= 11 is 4.76. The van der Waals surface area contributed by atoms with Gasteiger partial charge in [0.1, 0.15) is 0 Å². The first-order valence-corrected chi connectivity index (χ1v) is 9.29. The van der Waals surface area contributed by atoms with Crippen LogP contribution in [0.4, 0.5) is 0 Å². The minimum absolute atomic E-state index is 0.222. The quantitative estimate of drug-likeness (QED) is 0.608. The van der Waals surface area contributed by atoms with E-state index in [9.17, 15) is 4.79 Å². The van der Waals surface area contributed by atoms with E-state index in [4.69, 9.17) is 10.4 Å². The van der Waals surface area contributed by atoms with E-state index in [1.165, 1.54) is 0 Å². The Morgan fingerprint density at radius 1 is 1.71 bits per heavy atom. The number of carboxylic acids is 1. The van der Waals surface area contributed by atoms with Gasteiger partial charge in [-0.05, 0) is 0 Å². The Kier molecular flexibility index (Phi) is 27.3. The fourth-order valence-corrected chi connectivity index (χ4v) is 1.00. The predicted molar refractivity (Wildman–Crippen MR) is 62.7 cm³/mol. The Labute approximate surface area is 108 Å². The van der Waals surface area contributed by atoms with E-state index in [2.05, 4.69) is 37.3 Å². The number of carboxylic acid groups (broad SMARTS) is 1. The van der Waals surface area contributed by atoms with Crippen LogP contribution in [0.15, 0.2) is 0 Å². The third kappa shape index (κ3) is 18.3. The van der Waals surface area contributed by atoms with Crippen molar-refractivity contribution in [1.29, 1.82) is 5.26 Å². The number of aliphatic carboxylic acids is 1. The second kappa shape index (κ2) is 19.1. The van der Waals surface area contributed by atoms with Gasteiger partial charge in [0.25, 0.3) is 0 Å². The molecule has 0 fully saturated rings. The number of nitrogens with zero attached hydrogens (tertiary/aromatic N) is 1. The Bertz CT molecular complexity index is 158. The Hall–Kier alpha value is 0.478. The fourth-order valence-electron chi connectivity index (χ4n) is 0.293. The van der Waals surface area contributed by atoms with Crippen molar-refractivity contribution in [2.45, 2.75) is 23.0 Å². The van der Waals surface area contributed by atoms with Crippen molar-refractivity contribution in [3.63, 3.8) is 0 Å². The van der Waals surface area contributed by atoms with Crippen LogP contribution in [0.1, 0.15) is 0 Å². The molecule has 0 heterocycles. The second-order valence-electron chi connectivity index (χ2n) is 1.66. The molecule has 4 nitrogen and oxygen atoms in total. The van der Waals surface area contributed by atoms with Crippen LogP contribution in [0.2, 0.25) is 17.0 Å². The van der Waals surface area contributed by atoms with Gasteiger partial charge < -0.3 is 0 Å². The molecule has 0 aliphatic rings. The summed E-state index contributed by atoms with van der Waals surface area (Å²) in [7, 11) is 1.63. The van der Waals surface area contributed by atoms with E-state index >= 15 is 0 Å². The molecule has 84 valence electrons. The van der Waals surface area contributed by atoms with E-state index in [0.29, 0.717) is 5.32 Å². The summed E-state index contributed by atoms with van der Waals surface area (Å²) in [6.07, 6.45) is 0. The van der Waals surface area contributed by atoms with Crippen molar-refractivity contribution in [3.05, 3.63) is 0 Å². The number of likely N-dealkylation sites (N-methyl/N-ethyl adjacent to an activating group) is 1. The molecule has 7 heteroatoms. The van der Waals surface area contributed by atoms with E-state index in [-0.39, 0.29) is 15.0 Å². The molecule has 0 bridgehead atoms. The molecule has 0 aromatic rings. The van der Waals surface area contributed by atoms with Gasteiger partial charge >= 0.3 is 108 Å². The van der Waals surface area contributed by atoms with Crippen molar-refractivity contribution in [2.75, 3.05) is 7.05 Å². The summed E-state index contributed by atoms with van der Waals surface area (Å²) in [5, 5.41) is 19.2. The first-order valence-electron chi connectivity index (χ1n) is 3.51. The average molecular weight is 397 g/mol. The van der Waals surface area contributed by atoms with Crippen LogP contribution in [0.25, 0.3) is 0 Å². The van der Waals surface area contributed by atoms with Crippen LogP contribution in [0, 0.1) is 10.2 Å². The first kappa shape index (κ1) is 20.0. The zero-order valence-electron chi connectivity index (χ0n) is 8.39. The summed E-state index contributed by atoms with van der Waals surface area (Å²) in [5.41, 5.74) is 0. The second-order valence-corrected chi connectivity index (χ2v) is 3.66. The summed E-state index contributed by atoms with van der Waals surface area (Å²) in [6.45, 7) is 0. The van der Waals surface area contributed by atoms with Gasteiger partial charge in [0.2, 0.25) is 0 Å². The van der Waals surface area contributed by atoms with Crippen molar-refractivity contribution >= 4 is 53.0 Å².